The van der Waals surface area contributed by atoms with E-state index in [0.717, 1.165) is 29.0 Å². The summed E-state index contributed by atoms with van der Waals surface area (Å²) in [6, 6.07) is 13.7. The Kier molecular flexibility index (Phi) is 5.38. The number of thiazole rings is 1. The van der Waals surface area contributed by atoms with Crippen LogP contribution in [0, 0.1) is 0 Å². The molecule has 2 aliphatic rings. The Balaban J connectivity index is 1.19. The second-order valence-electron chi connectivity index (χ2n) is 7.73. The van der Waals surface area contributed by atoms with E-state index in [-0.39, 0.29) is 24.1 Å². The topological polar surface area (TPSA) is 75.6 Å². The van der Waals surface area contributed by atoms with Gasteiger partial charge in [-0.05, 0) is 30.5 Å². The number of likely N-dealkylation sites (tertiary alicyclic amines) is 1. The predicted octanol–water partition coefficient (Wildman–Crippen LogP) is 4.00. The highest BCUT2D eigenvalue weighted by molar-refractivity contribution is 7.13. The zero-order valence-corrected chi connectivity index (χ0v) is 17.7. The minimum Gasteiger partial charge on any atom is -0.439 e. The molecule has 0 saturated carbocycles. The molecule has 5 rings (SSSR count). The van der Waals surface area contributed by atoms with Crippen molar-refractivity contribution >= 4 is 23.3 Å². The number of pyridine rings is 1. The second-order valence-corrected chi connectivity index (χ2v) is 8.59. The minimum atomic E-state index is -0.264. The van der Waals surface area contributed by atoms with Gasteiger partial charge in [-0.25, -0.2) is 9.78 Å². The third-order valence-corrected chi connectivity index (χ3v) is 6.75. The summed E-state index contributed by atoms with van der Waals surface area (Å²) in [6.07, 6.45) is 4.42. The van der Waals surface area contributed by atoms with Gasteiger partial charge in [0.15, 0.2) is 0 Å². The molecule has 7 nitrogen and oxygen atoms in total. The van der Waals surface area contributed by atoms with Gasteiger partial charge in [0.25, 0.3) is 5.91 Å². The van der Waals surface area contributed by atoms with Gasteiger partial charge in [0.05, 0.1) is 6.54 Å². The third kappa shape index (κ3) is 4.03. The van der Waals surface area contributed by atoms with Crippen LogP contribution >= 0.6 is 11.3 Å². The Morgan fingerprint density at radius 3 is 2.55 bits per heavy atom. The maximum Gasteiger partial charge on any atom is 0.410 e. The summed E-state index contributed by atoms with van der Waals surface area (Å²) in [7, 11) is 0. The molecule has 2 aromatic heterocycles. The van der Waals surface area contributed by atoms with E-state index in [0.29, 0.717) is 25.3 Å². The molecule has 31 heavy (non-hydrogen) atoms. The first-order valence-electron chi connectivity index (χ1n) is 10.4. The minimum absolute atomic E-state index is 0.0545. The van der Waals surface area contributed by atoms with Crippen LogP contribution in [0.3, 0.4) is 0 Å². The molecule has 0 bridgehead atoms. The Hall–Kier alpha value is -3.26. The van der Waals surface area contributed by atoms with Crippen molar-refractivity contribution in [3.63, 3.8) is 0 Å². The normalized spacial score (nSPS) is 19.5. The lowest BCUT2D eigenvalue weighted by atomic mass is 10.0. The number of rotatable bonds is 4. The van der Waals surface area contributed by atoms with E-state index in [2.05, 4.69) is 9.97 Å². The van der Waals surface area contributed by atoms with Gasteiger partial charge in [-0.2, -0.15) is 0 Å². The van der Waals surface area contributed by atoms with Crippen LogP contribution in [0.2, 0.25) is 0 Å². The molecule has 2 aliphatic heterocycles. The largest absolute Gasteiger partial charge is 0.439 e. The number of ether oxygens (including phenoxy) is 1. The molecule has 4 heterocycles. The second kappa shape index (κ2) is 8.47. The maximum absolute atomic E-state index is 12.9. The molecule has 158 valence electrons. The van der Waals surface area contributed by atoms with E-state index in [9.17, 15) is 9.59 Å². The summed E-state index contributed by atoms with van der Waals surface area (Å²) < 4.78 is 5.60. The van der Waals surface area contributed by atoms with Crippen molar-refractivity contribution in [2.24, 2.45) is 0 Å². The number of carbonyl (C=O) groups is 2. The van der Waals surface area contributed by atoms with Crippen LogP contribution in [0.5, 0.6) is 0 Å². The average molecular weight is 435 g/mol. The number of piperidine rings is 1. The number of hydrogen-bond donors (Lipinski definition) is 0. The molecular weight excluding hydrogens is 412 g/mol. The van der Waals surface area contributed by atoms with E-state index in [1.54, 1.807) is 12.4 Å². The number of nitrogens with zero attached hydrogens (tertiary/aromatic N) is 4. The van der Waals surface area contributed by atoms with Crippen molar-refractivity contribution in [3.05, 3.63) is 71.5 Å². The summed E-state index contributed by atoms with van der Waals surface area (Å²) in [5.41, 5.74) is 2.44. The summed E-state index contributed by atoms with van der Waals surface area (Å²) in [4.78, 5) is 37.6. The van der Waals surface area contributed by atoms with Gasteiger partial charge < -0.3 is 14.5 Å². The Morgan fingerprint density at radius 1 is 1.06 bits per heavy atom. The lowest BCUT2D eigenvalue weighted by molar-refractivity contribution is 0.0653. The Morgan fingerprint density at radius 2 is 1.81 bits per heavy atom. The van der Waals surface area contributed by atoms with Gasteiger partial charge in [0.2, 0.25) is 0 Å². The molecule has 0 radical (unpaired) electrons. The van der Waals surface area contributed by atoms with Crippen molar-refractivity contribution < 1.29 is 14.3 Å². The fraction of sp³-hybridized carbons (Fsp3) is 0.304. The first-order chi connectivity index (χ1) is 15.2. The molecule has 2 fully saturated rings. The Bertz CT molecular complexity index is 1060. The van der Waals surface area contributed by atoms with Gasteiger partial charge in [0.1, 0.15) is 16.8 Å². The first kappa shape index (κ1) is 19.7. The predicted molar refractivity (Wildman–Crippen MR) is 117 cm³/mol. The summed E-state index contributed by atoms with van der Waals surface area (Å²) in [6.45, 7) is 1.76. The molecular formula is C23H22N4O3S. The standard InChI is InChI=1S/C23H22N4O3S/c28-22(19-15-31-21(25-19)17-6-10-24-11-7-17)26-12-8-18(9-13-26)27-14-20(30-23(27)29)16-4-2-1-3-5-16/h1-7,10-11,15,18,20H,8-9,12-14H2. The quantitative estimate of drug-likeness (QED) is 0.620. The van der Waals surface area contributed by atoms with Crippen molar-refractivity contribution in [3.8, 4) is 10.6 Å². The van der Waals surface area contributed by atoms with Crippen molar-refractivity contribution in [2.75, 3.05) is 19.6 Å². The molecule has 8 heteroatoms. The SMILES string of the molecule is O=C(c1csc(-c2ccncc2)n1)N1CCC(N2CC(c3ccccc3)OC2=O)CC1. The molecule has 0 aliphatic carbocycles. The summed E-state index contributed by atoms with van der Waals surface area (Å²) >= 11 is 1.46. The van der Waals surface area contributed by atoms with E-state index in [1.807, 2.05) is 57.6 Å². The van der Waals surface area contributed by atoms with Crippen LogP contribution in [-0.2, 0) is 4.74 Å². The maximum atomic E-state index is 12.9. The summed E-state index contributed by atoms with van der Waals surface area (Å²) in [5, 5.41) is 2.62. The fourth-order valence-electron chi connectivity index (χ4n) is 4.16. The molecule has 1 aromatic carbocycles. The van der Waals surface area contributed by atoms with E-state index in [4.69, 9.17) is 4.74 Å². The van der Waals surface area contributed by atoms with Gasteiger partial charge in [-0.3, -0.25) is 9.78 Å². The van der Waals surface area contributed by atoms with E-state index in [1.165, 1.54) is 11.3 Å². The van der Waals surface area contributed by atoms with E-state index < -0.39 is 0 Å². The number of aromatic nitrogens is 2. The molecule has 1 atom stereocenters. The van der Waals surface area contributed by atoms with Crippen molar-refractivity contribution in [1.29, 1.82) is 0 Å². The van der Waals surface area contributed by atoms with Gasteiger partial charge >= 0.3 is 6.09 Å². The highest BCUT2D eigenvalue weighted by Gasteiger charge is 2.38. The van der Waals surface area contributed by atoms with Gasteiger partial charge in [-0.1, -0.05) is 30.3 Å². The molecule has 2 amide bonds. The first-order valence-corrected chi connectivity index (χ1v) is 11.2. The van der Waals surface area contributed by atoms with Crippen LogP contribution in [0.4, 0.5) is 4.79 Å². The number of amides is 2. The average Bonchev–Trinajstić information content (AvgIpc) is 3.47. The monoisotopic (exact) mass is 434 g/mol. The van der Waals surface area contributed by atoms with Crippen LogP contribution in [0.15, 0.2) is 60.2 Å². The molecule has 3 aromatic rings. The van der Waals surface area contributed by atoms with Crippen molar-refractivity contribution in [2.45, 2.75) is 25.0 Å². The van der Waals surface area contributed by atoms with Crippen LogP contribution in [0.25, 0.3) is 10.6 Å². The number of carbonyl (C=O) groups excluding carboxylic acids is 2. The molecule has 1 unspecified atom stereocenters. The molecule has 0 N–H and O–H groups in total. The van der Waals surface area contributed by atoms with Gasteiger partial charge in [0, 0.05) is 42.5 Å². The summed E-state index contributed by atoms with van der Waals surface area (Å²) in [5.74, 6) is -0.0545. The van der Waals surface area contributed by atoms with Crippen molar-refractivity contribution in [1.82, 2.24) is 19.8 Å². The lowest BCUT2D eigenvalue weighted by Crippen LogP contribution is -2.47. The zero-order valence-electron chi connectivity index (χ0n) is 16.9. The van der Waals surface area contributed by atoms with Crippen LogP contribution in [0.1, 0.15) is 35.0 Å². The molecule has 0 spiro atoms. The van der Waals surface area contributed by atoms with Crippen LogP contribution in [-0.4, -0.2) is 57.4 Å². The number of benzene rings is 1. The van der Waals surface area contributed by atoms with Gasteiger partial charge in [-0.15, -0.1) is 11.3 Å². The highest BCUT2D eigenvalue weighted by Crippen LogP contribution is 2.31. The Labute approximate surface area is 184 Å². The smallest absolute Gasteiger partial charge is 0.410 e. The molecule has 2 saturated heterocycles. The highest BCUT2D eigenvalue weighted by atomic mass is 32.1. The number of hydrogen-bond acceptors (Lipinski definition) is 6. The number of cyclic esters (lactones) is 1. The van der Waals surface area contributed by atoms with Crippen LogP contribution < -0.4 is 0 Å². The van der Waals surface area contributed by atoms with E-state index >= 15 is 0 Å². The lowest BCUT2D eigenvalue weighted by Gasteiger charge is -2.35. The zero-order chi connectivity index (χ0) is 21.2. The fourth-order valence-corrected chi connectivity index (χ4v) is 4.96. The third-order valence-electron chi connectivity index (χ3n) is 5.85.